The van der Waals surface area contributed by atoms with Crippen molar-refractivity contribution >= 4 is 29.6 Å². The molecule has 3 rings (SSSR count). The third-order valence-electron chi connectivity index (χ3n) is 4.55. The molecule has 0 fully saturated rings. The fourth-order valence-electron chi connectivity index (χ4n) is 2.84. The van der Waals surface area contributed by atoms with E-state index in [2.05, 4.69) is 25.9 Å². The minimum absolute atomic E-state index is 0.0244. The van der Waals surface area contributed by atoms with E-state index < -0.39 is 29.9 Å². The fourth-order valence-corrected chi connectivity index (χ4v) is 2.84. The zero-order chi connectivity index (χ0) is 23.1. The Morgan fingerprint density at radius 2 is 1.84 bits per heavy atom. The number of oxazole rings is 1. The first-order valence-electron chi connectivity index (χ1n) is 9.85. The Morgan fingerprint density at radius 3 is 2.50 bits per heavy atom. The molecule has 2 atom stereocenters. The molecule has 0 aliphatic rings. The van der Waals surface area contributed by atoms with Crippen LogP contribution in [0.1, 0.15) is 41.0 Å². The predicted octanol–water partition coefficient (Wildman–Crippen LogP) is 2.57. The summed E-state index contributed by atoms with van der Waals surface area (Å²) < 4.78 is 5.22. The van der Waals surface area contributed by atoms with Crippen LogP contribution in [-0.4, -0.2) is 38.9 Å². The van der Waals surface area contributed by atoms with Crippen molar-refractivity contribution in [2.24, 2.45) is 0 Å². The minimum atomic E-state index is -1.05. The molecule has 166 valence electrons. The molecule has 0 bridgehead atoms. The van der Waals surface area contributed by atoms with Crippen LogP contribution in [0.3, 0.4) is 0 Å². The molecule has 1 aromatic carbocycles. The van der Waals surface area contributed by atoms with E-state index in [0.29, 0.717) is 11.4 Å². The van der Waals surface area contributed by atoms with Gasteiger partial charge in [0.25, 0.3) is 5.91 Å². The maximum atomic E-state index is 12.6. The van der Waals surface area contributed by atoms with Gasteiger partial charge in [-0.05, 0) is 31.5 Å². The van der Waals surface area contributed by atoms with Crippen LogP contribution in [0, 0.1) is 6.92 Å². The summed E-state index contributed by atoms with van der Waals surface area (Å²) in [6.45, 7) is 3.40. The molecule has 3 aromatic rings. The van der Waals surface area contributed by atoms with Gasteiger partial charge >= 0.3 is 12.0 Å². The van der Waals surface area contributed by atoms with Gasteiger partial charge in [-0.25, -0.2) is 4.98 Å². The lowest BCUT2D eigenvalue weighted by molar-refractivity contribution is -0.137. The normalized spacial score (nSPS) is 12.4. The van der Waals surface area contributed by atoms with Crippen LogP contribution in [0.15, 0.2) is 59.3 Å². The molecule has 0 radical (unpaired) electrons. The quantitative estimate of drug-likeness (QED) is 0.399. The van der Waals surface area contributed by atoms with Crippen molar-refractivity contribution in [2.45, 2.75) is 32.4 Å². The van der Waals surface area contributed by atoms with Crippen LogP contribution < -0.4 is 16.0 Å². The van der Waals surface area contributed by atoms with Crippen molar-refractivity contribution in [1.82, 2.24) is 20.6 Å². The molecule has 0 aliphatic heterocycles. The highest BCUT2D eigenvalue weighted by molar-refractivity contribution is 5.96. The average Bonchev–Trinajstić information content (AvgIpc) is 3.22. The number of aliphatic carboxylic acids is 1. The number of amides is 2. The summed E-state index contributed by atoms with van der Waals surface area (Å²) in [6, 6.07) is 10.8. The van der Waals surface area contributed by atoms with Gasteiger partial charge in [-0.1, -0.05) is 35.9 Å². The maximum absolute atomic E-state index is 12.6. The topological polar surface area (TPSA) is 146 Å². The number of aromatic nitrogens is 2. The van der Waals surface area contributed by atoms with E-state index in [1.165, 1.54) is 6.92 Å². The average molecular weight is 437 g/mol. The van der Waals surface area contributed by atoms with Crippen molar-refractivity contribution in [3.05, 3.63) is 71.7 Å². The summed E-state index contributed by atoms with van der Waals surface area (Å²) in [6.07, 6.45) is 2.46. The number of carbonyl (C=O) groups excluding carboxylic acids is 2. The Labute approximate surface area is 184 Å². The molecule has 0 saturated carbocycles. The lowest BCUT2D eigenvalue weighted by Crippen LogP contribution is -2.46. The lowest BCUT2D eigenvalue weighted by Gasteiger charge is -2.21. The Morgan fingerprint density at radius 1 is 1.09 bits per heavy atom. The zero-order valence-corrected chi connectivity index (χ0v) is 17.5. The van der Waals surface area contributed by atoms with Crippen LogP contribution in [0.5, 0.6) is 0 Å². The first-order chi connectivity index (χ1) is 15.3. The van der Waals surface area contributed by atoms with Crippen LogP contribution >= 0.6 is 0 Å². The van der Waals surface area contributed by atoms with E-state index in [9.17, 15) is 19.5 Å². The summed E-state index contributed by atoms with van der Waals surface area (Å²) >= 11 is 0. The lowest BCUT2D eigenvalue weighted by atomic mass is 10.0. The highest BCUT2D eigenvalue weighted by atomic mass is 16.4. The second-order valence-corrected chi connectivity index (χ2v) is 7.14. The maximum Gasteiger partial charge on any atom is 0.305 e. The third-order valence-corrected chi connectivity index (χ3v) is 4.55. The van der Waals surface area contributed by atoms with E-state index in [0.717, 1.165) is 11.8 Å². The SMILES string of the molecule is Cc1ccc(C(CC(=O)O)NC(=O)C(C)NC(=O)c2coc(Nc3ccccn3)n2)cc1. The zero-order valence-electron chi connectivity index (χ0n) is 17.5. The van der Waals surface area contributed by atoms with Crippen LogP contribution in [0.2, 0.25) is 0 Å². The first-order valence-corrected chi connectivity index (χ1v) is 9.85. The molecular formula is C22H23N5O5. The molecule has 4 N–H and O–H groups in total. The number of carbonyl (C=O) groups is 3. The molecule has 10 heteroatoms. The second-order valence-electron chi connectivity index (χ2n) is 7.14. The van der Waals surface area contributed by atoms with Crippen LogP contribution in [0.25, 0.3) is 0 Å². The van der Waals surface area contributed by atoms with Gasteiger partial charge in [0, 0.05) is 6.20 Å². The van der Waals surface area contributed by atoms with Crippen molar-refractivity contribution in [2.75, 3.05) is 5.32 Å². The number of rotatable bonds is 9. The molecule has 2 unspecified atom stereocenters. The Balaban J connectivity index is 1.60. The summed E-state index contributed by atoms with van der Waals surface area (Å²) in [5.41, 5.74) is 1.65. The fraction of sp³-hybridized carbons (Fsp3) is 0.227. The number of aryl methyl sites for hydroxylation is 1. The number of carboxylic acid groups (broad SMARTS) is 1. The predicted molar refractivity (Wildman–Crippen MR) is 115 cm³/mol. The Kier molecular flexibility index (Phi) is 7.17. The Hall–Kier alpha value is -4.21. The molecule has 2 heterocycles. The number of anilines is 2. The van der Waals surface area contributed by atoms with Gasteiger partial charge in [-0.3, -0.25) is 19.7 Å². The van der Waals surface area contributed by atoms with Crippen LogP contribution in [0.4, 0.5) is 11.8 Å². The van der Waals surface area contributed by atoms with Gasteiger partial charge in [0.05, 0.1) is 12.5 Å². The smallest absolute Gasteiger partial charge is 0.305 e. The van der Waals surface area contributed by atoms with Gasteiger partial charge in [-0.2, -0.15) is 4.98 Å². The number of hydrogen-bond donors (Lipinski definition) is 4. The van der Waals surface area contributed by atoms with Crippen LogP contribution in [-0.2, 0) is 9.59 Å². The molecule has 0 aliphatic carbocycles. The van der Waals surface area contributed by atoms with E-state index >= 15 is 0 Å². The molecule has 0 saturated heterocycles. The number of hydrogen-bond acceptors (Lipinski definition) is 7. The van der Waals surface area contributed by atoms with E-state index in [1.807, 2.05) is 19.1 Å². The number of nitrogens with one attached hydrogen (secondary N) is 3. The summed E-state index contributed by atoms with van der Waals surface area (Å²) in [5.74, 6) is -1.70. The monoisotopic (exact) mass is 437 g/mol. The van der Waals surface area contributed by atoms with Gasteiger partial charge in [-0.15, -0.1) is 0 Å². The van der Waals surface area contributed by atoms with Gasteiger partial charge in [0.2, 0.25) is 5.91 Å². The van der Waals surface area contributed by atoms with Crippen molar-refractivity contribution in [1.29, 1.82) is 0 Å². The highest BCUT2D eigenvalue weighted by Gasteiger charge is 2.24. The summed E-state index contributed by atoms with van der Waals surface area (Å²) in [4.78, 5) is 44.4. The first kappa shape index (κ1) is 22.5. The molecule has 2 aromatic heterocycles. The van der Waals surface area contributed by atoms with Gasteiger partial charge in [0.1, 0.15) is 18.1 Å². The van der Waals surface area contributed by atoms with Gasteiger partial charge in [0.15, 0.2) is 5.69 Å². The molecule has 2 amide bonds. The standard InChI is InChI=1S/C22H23N5O5/c1-13-6-8-15(9-7-13)16(11-19(28)29)25-20(30)14(2)24-21(31)17-12-32-22(26-17)27-18-5-3-4-10-23-18/h3-10,12,14,16H,11H2,1-2H3,(H,24,31)(H,25,30)(H,28,29)(H,23,26,27). The van der Waals surface area contributed by atoms with E-state index in [4.69, 9.17) is 4.42 Å². The number of benzene rings is 1. The third kappa shape index (κ3) is 6.14. The molecule has 10 nitrogen and oxygen atoms in total. The van der Waals surface area contributed by atoms with Gasteiger partial charge < -0.3 is 20.2 Å². The van der Waals surface area contributed by atoms with E-state index in [-0.39, 0.29) is 18.1 Å². The van der Waals surface area contributed by atoms with Crippen molar-refractivity contribution in [3.8, 4) is 0 Å². The summed E-state index contributed by atoms with van der Waals surface area (Å²) in [5, 5.41) is 17.2. The van der Waals surface area contributed by atoms with Crippen molar-refractivity contribution in [3.63, 3.8) is 0 Å². The molecule has 0 spiro atoms. The van der Waals surface area contributed by atoms with Crippen molar-refractivity contribution < 1.29 is 23.9 Å². The molecular weight excluding hydrogens is 414 g/mol. The highest BCUT2D eigenvalue weighted by Crippen LogP contribution is 2.18. The Bertz CT molecular complexity index is 1080. The van der Waals surface area contributed by atoms with E-state index in [1.54, 1.807) is 36.5 Å². The number of carboxylic acids is 1. The minimum Gasteiger partial charge on any atom is -0.481 e. The summed E-state index contributed by atoms with van der Waals surface area (Å²) in [7, 11) is 0. The second kappa shape index (κ2) is 10.2. The molecule has 32 heavy (non-hydrogen) atoms. The largest absolute Gasteiger partial charge is 0.481 e. The number of nitrogens with zero attached hydrogens (tertiary/aromatic N) is 2. The number of pyridine rings is 1.